The van der Waals surface area contributed by atoms with Gasteiger partial charge in [-0.25, -0.2) is 0 Å². The molecule has 0 aliphatic carbocycles. The predicted molar refractivity (Wildman–Crippen MR) is 77.1 cm³/mol. The summed E-state index contributed by atoms with van der Waals surface area (Å²) in [5.74, 6) is 0. The summed E-state index contributed by atoms with van der Waals surface area (Å²) in [4.78, 5) is 2.37. The second-order valence-corrected chi connectivity index (χ2v) is 4.76. The van der Waals surface area contributed by atoms with Crippen LogP contribution < -0.4 is 10.6 Å². The highest BCUT2D eigenvalue weighted by Crippen LogP contribution is 2.27. The molecule has 5 heteroatoms. The van der Waals surface area contributed by atoms with Gasteiger partial charge in [-0.3, -0.25) is 0 Å². The van der Waals surface area contributed by atoms with E-state index >= 15 is 0 Å². The molecule has 3 nitrogen and oxygen atoms in total. The van der Waals surface area contributed by atoms with Gasteiger partial charge in [0.05, 0.1) is 17.2 Å². The lowest BCUT2D eigenvalue weighted by Gasteiger charge is -2.28. The summed E-state index contributed by atoms with van der Waals surface area (Å²) in [6.07, 6.45) is 0. The van der Waals surface area contributed by atoms with Crippen LogP contribution >= 0.6 is 23.8 Å². The van der Waals surface area contributed by atoms with Gasteiger partial charge in [-0.1, -0.05) is 29.9 Å². The molecule has 1 unspecified atom stereocenters. The minimum atomic E-state index is 0.214. The molecule has 0 bridgehead atoms. The number of thiocarbonyl (C=S) groups is 1. The van der Waals surface area contributed by atoms with E-state index in [9.17, 15) is 0 Å². The Morgan fingerprint density at radius 1 is 1.59 bits per heavy atom. The zero-order valence-electron chi connectivity index (χ0n) is 10.2. The third-order valence-electron chi connectivity index (χ3n) is 2.69. The van der Waals surface area contributed by atoms with Gasteiger partial charge in [-0.15, -0.1) is 0 Å². The number of rotatable bonds is 5. The van der Waals surface area contributed by atoms with Gasteiger partial charge in [0.1, 0.15) is 4.99 Å². The molecule has 0 radical (unpaired) electrons. The van der Waals surface area contributed by atoms with Crippen LogP contribution in [0.15, 0.2) is 18.2 Å². The molecule has 0 saturated heterocycles. The van der Waals surface area contributed by atoms with E-state index in [1.807, 2.05) is 19.2 Å². The average molecular weight is 273 g/mol. The number of nitrogens with zero attached hydrogens (tertiary/aromatic N) is 1. The Kier molecular flexibility index (Phi) is 5.18. The van der Waals surface area contributed by atoms with E-state index in [0.29, 0.717) is 16.6 Å². The Labute approximate surface area is 112 Å². The van der Waals surface area contributed by atoms with E-state index in [4.69, 9.17) is 34.3 Å². The summed E-state index contributed by atoms with van der Waals surface area (Å²) in [7, 11) is 3.65. The molecule has 0 fully saturated rings. The van der Waals surface area contributed by atoms with Crippen LogP contribution in [-0.2, 0) is 4.74 Å². The molecular weight excluding hydrogens is 256 g/mol. The van der Waals surface area contributed by atoms with E-state index in [1.165, 1.54) is 0 Å². The minimum absolute atomic E-state index is 0.214. The lowest BCUT2D eigenvalue weighted by molar-refractivity contribution is 0.183. The Bertz CT molecular complexity index is 411. The van der Waals surface area contributed by atoms with Crippen LogP contribution in [0, 0.1) is 0 Å². The van der Waals surface area contributed by atoms with Crippen LogP contribution in [0.4, 0.5) is 5.69 Å². The lowest BCUT2D eigenvalue weighted by atomic mass is 10.1. The fraction of sp³-hybridized carbons (Fsp3) is 0.417. The van der Waals surface area contributed by atoms with Crippen molar-refractivity contribution in [2.75, 3.05) is 25.7 Å². The summed E-state index contributed by atoms with van der Waals surface area (Å²) in [5, 5.41) is 0.575. The third kappa shape index (κ3) is 3.31. The predicted octanol–water partition coefficient (Wildman–Crippen LogP) is 2.45. The van der Waals surface area contributed by atoms with Gasteiger partial charge >= 0.3 is 0 Å². The summed E-state index contributed by atoms with van der Waals surface area (Å²) >= 11 is 11.2. The van der Waals surface area contributed by atoms with Crippen molar-refractivity contribution in [2.24, 2.45) is 5.73 Å². The maximum absolute atomic E-state index is 6.12. The van der Waals surface area contributed by atoms with Gasteiger partial charge in [0, 0.05) is 25.9 Å². The van der Waals surface area contributed by atoms with Gasteiger partial charge < -0.3 is 15.4 Å². The van der Waals surface area contributed by atoms with Crippen molar-refractivity contribution in [3.05, 3.63) is 28.8 Å². The maximum Gasteiger partial charge on any atom is 0.107 e. The van der Waals surface area contributed by atoms with Crippen LogP contribution in [0.5, 0.6) is 0 Å². The van der Waals surface area contributed by atoms with Crippen molar-refractivity contribution in [1.29, 1.82) is 0 Å². The fourth-order valence-electron chi connectivity index (χ4n) is 1.64. The van der Waals surface area contributed by atoms with Crippen LogP contribution in [0.1, 0.15) is 12.5 Å². The molecule has 0 heterocycles. The number of anilines is 1. The summed E-state index contributed by atoms with van der Waals surface area (Å²) < 4.78 is 5.14. The highest BCUT2D eigenvalue weighted by molar-refractivity contribution is 7.80. The SMILES string of the molecule is COCC(C)N(C)c1cccc(Cl)c1C(N)=S. The molecule has 0 spiro atoms. The molecule has 1 aromatic carbocycles. The quantitative estimate of drug-likeness (QED) is 0.836. The Balaban J connectivity index is 3.13. The molecule has 0 aliphatic heterocycles. The molecule has 0 saturated carbocycles. The smallest absolute Gasteiger partial charge is 0.107 e. The number of ether oxygens (including phenoxy) is 1. The first-order valence-corrected chi connectivity index (χ1v) is 6.07. The maximum atomic E-state index is 6.12. The topological polar surface area (TPSA) is 38.5 Å². The van der Waals surface area contributed by atoms with Crippen LogP contribution in [0.25, 0.3) is 0 Å². The first-order valence-electron chi connectivity index (χ1n) is 5.29. The number of nitrogens with two attached hydrogens (primary N) is 1. The molecule has 17 heavy (non-hydrogen) atoms. The molecule has 0 aromatic heterocycles. The van der Waals surface area contributed by atoms with E-state index in [0.717, 1.165) is 11.3 Å². The number of likely N-dealkylation sites (N-methyl/N-ethyl adjacent to an activating group) is 1. The molecular formula is C12H17ClN2OS. The van der Waals surface area contributed by atoms with E-state index in [-0.39, 0.29) is 6.04 Å². The van der Waals surface area contributed by atoms with Gasteiger partial charge in [0.15, 0.2) is 0 Å². The second-order valence-electron chi connectivity index (χ2n) is 3.91. The zero-order valence-corrected chi connectivity index (χ0v) is 11.8. The Morgan fingerprint density at radius 3 is 2.76 bits per heavy atom. The van der Waals surface area contributed by atoms with Crippen molar-refractivity contribution in [3.63, 3.8) is 0 Å². The highest BCUT2D eigenvalue weighted by Gasteiger charge is 2.16. The third-order valence-corrected chi connectivity index (χ3v) is 3.21. The molecule has 0 aliphatic rings. The first kappa shape index (κ1) is 14.2. The van der Waals surface area contributed by atoms with E-state index in [1.54, 1.807) is 13.2 Å². The largest absolute Gasteiger partial charge is 0.389 e. The van der Waals surface area contributed by atoms with E-state index < -0.39 is 0 Å². The Hall–Kier alpha value is -0.840. The molecule has 2 N–H and O–H groups in total. The number of hydrogen-bond acceptors (Lipinski definition) is 3. The van der Waals surface area contributed by atoms with Crippen molar-refractivity contribution in [3.8, 4) is 0 Å². The van der Waals surface area contributed by atoms with Crippen molar-refractivity contribution in [1.82, 2.24) is 0 Å². The van der Waals surface area contributed by atoms with Crippen molar-refractivity contribution < 1.29 is 4.74 Å². The van der Waals surface area contributed by atoms with Crippen LogP contribution in [-0.4, -0.2) is 31.8 Å². The first-order chi connectivity index (χ1) is 7.99. The van der Waals surface area contributed by atoms with Gasteiger partial charge in [0.2, 0.25) is 0 Å². The second kappa shape index (κ2) is 6.19. The minimum Gasteiger partial charge on any atom is -0.389 e. The normalized spacial score (nSPS) is 12.2. The highest BCUT2D eigenvalue weighted by atomic mass is 35.5. The number of halogens is 1. The molecule has 1 aromatic rings. The summed E-state index contributed by atoms with van der Waals surface area (Å²) in [6, 6.07) is 5.84. The fourth-order valence-corrected chi connectivity index (χ4v) is 2.18. The van der Waals surface area contributed by atoms with Crippen LogP contribution in [0.2, 0.25) is 5.02 Å². The zero-order chi connectivity index (χ0) is 13.0. The average Bonchev–Trinajstić information content (AvgIpc) is 2.27. The number of hydrogen-bond donors (Lipinski definition) is 1. The van der Waals surface area contributed by atoms with Crippen molar-refractivity contribution >= 4 is 34.5 Å². The lowest BCUT2D eigenvalue weighted by Crippen LogP contribution is -2.34. The van der Waals surface area contributed by atoms with Crippen LogP contribution in [0.3, 0.4) is 0 Å². The molecule has 94 valence electrons. The van der Waals surface area contributed by atoms with Gasteiger partial charge in [0.25, 0.3) is 0 Å². The summed E-state index contributed by atoms with van der Waals surface area (Å²) in [5.41, 5.74) is 7.36. The molecule has 0 amide bonds. The Morgan fingerprint density at radius 2 is 2.24 bits per heavy atom. The van der Waals surface area contributed by atoms with Gasteiger partial charge in [-0.2, -0.15) is 0 Å². The monoisotopic (exact) mass is 272 g/mol. The van der Waals surface area contributed by atoms with E-state index in [2.05, 4.69) is 11.8 Å². The number of methoxy groups -OCH3 is 1. The summed E-state index contributed by atoms with van der Waals surface area (Å²) in [6.45, 7) is 2.69. The molecule has 1 rings (SSSR count). The number of benzene rings is 1. The standard InChI is InChI=1S/C12H17ClN2OS/c1-8(7-16-3)15(2)10-6-4-5-9(13)11(10)12(14)17/h4-6,8H,7H2,1-3H3,(H2,14,17). The van der Waals surface area contributed by atoms with Gasteiger partial charge in [-0.05, 0) is 19.1 Å². The van der Waals surface area contributed by atoms with Crippen molar-refractivity contribution in [2.45, 2.75) is 13.0 Å². The molecule has 1 atom stereocenters.